The van der Waals surface area contributed by atoms with E-state index in [-0.39, 0.29) is 19.0 Å². The fourth-order valence-corrected chi connectivity index (χ4v) is 6.13. The second-order valence-electron chi connectivity index (χ2n) is 11.0. The van der Waals surface area contributed by atoms with Crippen LogP contribution in [0, 0.1) is 25.1 Å². The lowest BCUT2D eigenvalue weighted by Gasteiger charge is -2.53. The van der Waals surface area contributed by atoms with Gasteiger partial charge in [-0.05, 0) is 32.0 Å². The van der Waals surface area contributed by atoms with Gasteiger partial charge in [-0.1, -0.05) is 5.92 Å². The van der Waals surface area contributed by atoms with Crippen LogP contribution < -0.4 is 14.5 Å². The largest absolute Gasteiger partial charge is 0.480 e. The predicted molar refractivity (Wildman–Crippen MR) is 150 cm³/mol. The molecule has 216 valence electrons. The van der Waals surface area contributed by atoms with Gasteiger partial charge >= 0.3 is 5.97 Å². The maximum atomic E-state index is 13.9. The zero-order chi connectivity index (χ0) is 29.2. The molecule has 3 atom stereocenters. The molecule has 7 rings (SSSR count). The second kappa shape index (κ2) is 9.82. The Labute approximate surface area is 240 Å². The number of morpholine rings is 1. The molecular weight excluding hydrogens is 545 g/mol. The molecule has 0 aliphatic carbocycles. The number of pyridine rings is 1. The Morgan fingerprint density at radius 3 is 2.83 bits per heavy atom. The molecule has 0 bridgehead atoms. The van der Waals surface area contributed by atoms with Crippen molar-refractivity contribution in [3.05, 3.63) is 47.7 Å². The number of carboxylic acid groups (broad SMARTS) is 1. The number of hydrogen-bond acceptors (Lipinski definition) is 10. The van der Waals surface area contributed by atoms with Crippen molar-refractivity contribution in [3.63, 3.8) is 0 Å². The summed E-state index contributed by atoms with van der Waals surface area (Å²) in [6.45, 7) is 6.11. The highest BCUT2D eigenvalue weighted by Gasteiger charge is 2.50. The van der Waals surface area contributed by atoms with Crippen molar-refractivity contribution in [1.29, 1.82) is 0 Å². The Hall–Kier alpha value is -4.47. The van der Waals surface area contributed by atoms with E-state index in [2.05, 4.69) is 32.7 Å². The molecule has 1 spiro atoms. The molecule has 0 radical (unpaired) electrons. The quantitative estimate of drug-likeness (QED) is 0.354. The summed E-state index contributed by atoms with van der Waals surface area (Å²) in [6.07, 6.45) is 6.90. The van der Waals surface area contributed by atoms with E-state index in [4.69, 9.17) is 25.1 Å². The average molecular weight is 574 g/mol. The van der Waals surface area contributed by atoms with Crippen LogP contribution in [0.4, 0.5) is 15.9 Å². The summed E-state index contributed by atoms with van der Waals surface area (Å²) in [7, 11) is 0. The van der Waals surface area contributed by atoms with E-state index in [9.17, 15) is 14.3 Å². The fourth-order valence-electron chi connectivity index (χ4n) is 6.13. The number of aliphatic carboxylic acids is 1. The second-order valence-corrected chi connectivity index (χ2v) is 11.0. The summed E-state index contributed by atoms with van der Waals surface area (Å²) in [5.74, 6) is 2.27. The first-order chi connectivity index (χ1) is 20.3. The molecule has 3 aliphatic rings. The van der Waals surface area contributed by atoms with Crippen LogP contribution in [0.1, 0.15) is 24.7 Å². The maximum absolute atomic E-state index is 13.9. The minimum atomic E-state index is -1.03. The third kappa shape index (κ3) is 4.19. The molecule has 3 aliphatic heterocycles. The van der Waals surface area contributed by atoms with E-state index in [0.717, 1.165) is 5.69 Å². The fraction of sp³-hybridized carbons (Fsp3) is 0.400. The summed E-state index contributed by atoms with van der Waals surface area (Å²) < 4.78 is 37.9. The van der Waals surface area contributed by atoms with Gasteiger partial charge in [0.1, 0.15) is 46.2 Å². The van der Waals surface area contributed by atoms with Gasteiger partial charge in [-0.15, -0.1) is 6.42 Å². The molecule has 42 heavy (non-hydrogen) atoms. The van der Waals surface area contributed by atoms with Gasteiger partial charge in [-0.3, -0.25) is 0 Å². The molecule has 0 amide bonds. The number of carbonyl (C=O) groups is 1. The lowest BCUT2D eigenvalue weighted by Crippen LogP contribution is -2.68. The minimum absolute atomic E-state index is 0.0285. The monoisotopic (exact) mass is 573 g/mol. The Kier molecular flexibility index (Phi) is 6.18. The minimum Gasteiger partial charge on any atom is -0.480 e. The first-order valence-electron chi connectivity index (χ1n) is 13.7. The zero-order valence-electron chi connectivity index (χ0n) is 23.0. The van der Waals surface area contributed by atoms with E-state index in [1.807, 2.05) is 6.07 Å². The summed E-state index contributed by atoms with van der Waals surface area (Å²) in [5, 5.41) is 10.8. The smallest absolute Gasteiger partial charge is 0.326 e. The molecule has 0 saturated carbocycles. The summed E-state index contributed by atoms with van der Waals surface area (Å²) in [4.78, 5) is 29.9. The van der Waals surface area contributed by atoms with E-state index < -0.39 is 29.5 Å². The van der Waals surface area contributed by atoms with Gasteiger partial charge in [0.25, 0.3) is 0 Å². The molecule has 1 unspecified atom stereocenters. The number of hydrogen-bond donors (Lipinski definition) is 1. The highest BCUT2D eigenvalue weighted by atomic mass is 19.1. The topological polar surface area (TPSA) is 123 Å². The van der Waals surface area contributed by atoms with Gasteiger partial charge in [-0.2, -0.15) is 0 Å². The summed E-state index contributed by atoms with van der Waals surface area (Å²) in [5.41, 5.74) is 2.00. The third-order valence-corrected chi connectivity index (χ3v) is 8.42. The predicted octanol–water partition coefficient (Wildman–Crippen LogP) is 3.30. The molecule has 11 nitrogen and oxygen atoms in total. The molecule has 3 saturated heterocycles. The van der Waals surface area contributed by atoms with Crippen LogP contribution in [-0.2, 0) is 14.3 Å². The van der Waals surface area contributed by atoms with Crippen LogP contribution >= 0.6 is 0 Å². The van der Waals surface area contributed by atoms with Crippen molar-refractivity contribution in [3.8, 4) is 18.2 Å². The molecule has 1 aromatic carbocycles. The molecular formula is C30H28FN5O6. The Balaban J connectivity index is 1.24. The zero-order valence-corrected chi connectivity index (χ0v) is 23.0. The third-order valence-electron chi connectivity index (χ3n) is 8.42. The van der Waals surface area contributed by atoms with Crippen molar-refractivity contribution in [2.24, 2.45) is 0 Å². The van der Waals surface area contributed by atoms with Gasteiger partial charge < -0.3 is 33.5 Å². The van der Waals surface area contributed by atoms with Gasteiger partial charge in [0, 0.05) is 36.2 Å². The lowest BCUT2D eigenvalue weighted by molar-refractivity contribution is -0.228. The van der Waals surface area contributed by atoms with Crippen molar-refractivity contribution in [1.82, 2.24) is 15.0 Å². The van der Waals surface area contributed by atoms with Crippen LogP contribution in [0.2, 0.25) is 0 Å². The number of rotatable bonds is 5. The van der Waals surface area contributed by atoms with Crippen molar-refractivity contribution in [2.75, 3.05) is 42.7 Å². The highest BCUT2D eigenvalue weighted by molar-refractivity contribution is 6.06. The molecule has 3 aromatic heterocycles. The number of terminal acetylenes is 1. The van der Waals surface area contributed by atoms with Crippen LogP contribution in [0.5, 0.6) is 5.88 Å². The van der Waals surface area contributed by atoms with Gasteiger partial charge in [0.2, 0.25) is 5.88 Å². The van der Waals surface area contributed by atoms with Crippen molar-refractivity contribution < 1.29 is 32.9 Å². The number of anilines is 2. The number of benzene rings is 1. The Bertz CT molecular complexity index is 1760. The van der Waals surface area contributed by atoms with Gasteiger partial charge in [0.05, 0.1) is 32.4 Å². The van der Waals surface area contributed by atoms with E-state index in [0.29, 0.717) is 71.5 Å². The first kappa shape index (κ1) is 26.4. The molecule has 6 heterocycles. The number of halogens is 1. The maximum Gasteiger partial charge on any atom is 0.326 e. The van der Waals surface area contributed by atoms with Crippen LogP contribution in [0.25, 0.3) is 22.1 Å². The number of nitrogens with zero attached hydrogens (tertiary/aromatic N) is 5. The number of aromatic nitrogens is 3. The molecule has 3 fully saturated rings. The number of aryl methyl sites for hydroxylation is 1. The van der Waals surface area contributed by atoms with E-state index >= 15 is 0 Å². The number of ether oxygens (including phenoxy) is 3. The number of carboxylic acids is 1. The van der Waals surface area contributed by atoms with Gasteiger partial charge in [0.15, 0.2) is 11.4 Å². The highest BCUT2D eigenvalue weighted by Crippen LogP contribution is 2.40. The molecule has 1 N–H and O–H groups in total. The number of fused-ring (bicyclic) bond motifs is 3. The standard InChI is InChI=1S/C30H28FN5O6/c1-4-18-9-22(35-7-8-40-30(16(35)2)14-39-15-30)28(32-12-18)41-20-11-23(29(37)38)36(13-20)27-26-25(33-17(3)34-27)21-6-5-19(31)10-24(21)42-26/h1,5-6,9-10,12,16,20,23H,7-8,11,13-15H2,2-3H3,(H,37,38)/t16-,20?,23-/m0/s1. The number of furan rings is 1. The normalized spacial score (nSPS) is 23.3. The van der Waals surface area contributed by atoms with Crippen molar-refractivity contribution >= 4 is 39.5 Å². The SMILES string of the molecule is C#Cc1cnc(OC2C[C@@H](C(=O)O)N(c3nc(C)nc4c3oc3cc(F)ccc34)C2)c(N2CCOC3(COC3)[C@@H]2C)c1. The molecule has 4 aromatic rings. The Morgan fingerprint density at radius 1 is 1.26 bits per heavy atom. The van der Waals surface area contributed by atoms with E-state index in [1.54, 1.807) is 24.1 Å². The Morgan fingerprint density at radius 2 is 2.10 bits per heavy atom. The first-order valence-corrected chi connectivity index (χ1v) is 13.7. The van der Waals surface area contributed by atoms with Gasteiger partial charge in [-0.25, -0.2) is 24.1 Å². The molecule has 12 heteroatoms. The summed E-state index contributed by atoms with van der Waals surface area (Å²) >= 11 is 0. The van der Waals surface area contributed by atoms with Crippen LogP contribution in [-0.4, -0.2) is 82.7 Å². The summed E-state index contributed by atoms with van der Waals surface area (Å²) in [6, 6.07) is 5.09. The lowest BCUT2D eigenvalue weighted by atomic mass is 9.90. The van der Waals surface area contributed by atoms with Crippen LogP contribution in [0.15, 0.2) is 34.9 Å². The van der Waals surface area contributed by atoms with E-state index in [1.165, 1.54) is 12.1 Å². The average Bonchev–Trinajstić information content (AvgIpc) is 3.53. The van der Waals surface area contributed by atoms with Crippen molar-refractivity contribution in [2.45, 2.75) is 44.1 Å². The van der Waals surface area contributed by atoms with Crippen LogP contribution in [0.3, 0.4) is 0 Å².